The zero-order valence-electron chi connectivity index (χ0n) is 19.1. The second kappa shape index (κ2) is 9.71. The Hall–Kier alpha value is -2.57. The topological polar surface area (TPSA) is 56.8 Å². The molecule has 164 valence electrons. The van der Waals surface area contributed by atoms with Gasteiger partial charge in [0.2, 0.25) is 0 Å². The molecule has 0 unspecified atom stereocenters. The van der Waals surface area contributed by atoms with Crippen molar-refractivity contribution in [3.63, 3.8) is 0 Å². The van der Waals surface area contributed by atoms with Crippen molar-refractivity contribution in [1.29, 1.82) is 0 Å². The van der Waals surface area contributed by atoms with Crippen molar-refractivity contribution in [2.24, 2.45) is 0 Å². The normalized spacial score (nSPS) is 17.5. The maximum Gasteiger partial charge on any atom is 0.492 e. The van der Waals surface area contributed by atoms with Crippen molar-refractivity contribution in [3.8, 4) is 0 Å². The van der Waals surface area contributed by atoms with Gasteiger partial charge in [-0.3, -0.25) is 0 Å². The van der Waals surface area contributed by atoms with Crippen LogP contribution >= 0.6 is 0 Å². The Morgan fingerprint density at radius 2 is 1.65 bits per heavy atom. The van der Waals surface area contributed by atoms with E-state index in [1.807, 2.05) is 76.2 Å². The number of aryl methyl sites for hydroxylation is 1. The molecule has 1 aliphatic rings. The molecule has 1 N–H and O–H groups in total. The average molecular weight is 421 g/mol. The minimum atomic E-state index is -0.551. The van der Waals surface area contributed by atoms with Crippen LogP contribution in [0.15, 0.2) is 60.1 Å². The minimum absolute atomic E-state index is 0.223. The smallest absolute Gasteiger partial charge is 0.445 e. The maximum absolute atomic E-state index is 12.3. The van der Waals surface area contributed by atoms with Crippen molar-refractivity contribution in [2.75, 3.05) is 6.54 Å². The molecule has 5 nitrogen and oxygen atoms in total. The van der Waals surface area contributed by atoms with Gasteiger partial charge in [0.1, 0.15) is 6.61 Å². The first kappa shape index (κ1) is 23.1. The van der Waals surface area contributed by atoms with Crippen LogP contribution in [0.3, 0.4) is 0 Å². The van der Waals surface area contributed by atoms with E-state index in [0.29, 0.717) is 0 Å². The van der Waals surface area contributed by atoms with Gasteiger partial charge in [-0.2, -0.15) is 0 Å². The Balaban J connectivity index is 1.73. The van der Waals surface area contributed by atoms with Crippen molar-refractivity contribution in [1.82, 2.24) is 5.32 Å². The molecule has 3 rings (SSSR count). The Kier molecular flexibility index (Phi) is 7.24. The second-order valence-corrected chi connectivity index (χ2v) is 8.82. The van der Waals surface area contributed by atoms with Gasteiger partial charge < -0.3 is 19.4 Å². The summed E-state index contributed by atoms with van der Waals surface area (Å²) < 4.78 is 17.8. The number of rotatable bonds is 7. The van der Waals surface area contributed by atoms with Crippen LogP contribution in [0.5, 0.6) is 0 Å². The van der Waals surface area contributed by atoms with Gasteiger partial charge in [0.25, 0.3) is 0 Å². The second-order valence-electron chi connectivity index (χ2n) is 8.82. The van der Waals surface area contributed by atoms with Crippen LogP contribution < -0.4 is 5.32 Å². The Bertz CT molecular complexity index is 908. The van der Waals surface area contributed by atoms with E-state index >= 15 is 0 Å². The van der Waals surface area contributed by atoms with Gasteiger partial charge in [-0.25, -0.2) is 4.79 Å². The Labute approximate surface area is 185 Å². The van der Waals surface area contributed by atoms with Crippen molar-refractivity contribution in [2.45, 2.75) is 58.8 Å². The Morgan fingerprint density at radius 1 is 1.00 bits per heavy atom. The third-order valence-electron chi connectivity index (χ3n) is 5.92. The molecule has 0 radical (unpaired) electrons. The van der Waals surface area contributed by atoms with Crippen LogP contribution in [0.1, 0.15) is 51.3 Å². The zero-order chi connectivity index (χ0) is 22.5. The fraction of sp³-hybridized carbons (Fsp3) is 0.400. The fourth-order valence-corrected chi connectivity index (χ4v) is 3.26. The number of amides is 1. The van der Waals surface area contributed by atoms with E-state index in [-0.39, 0.29) is 13.2 Å². The third-order valence-corrected chi connectivity index (χ3v) is 5.92. The Morgan fingerprint density at radius 3 is 2.29 bits per heavy atom. The SMILES string of the molecule is CCc1cccc(C=C(CNC(=O)OCc2ccccc2)B2OC(C)(C)C(C)(C)O2)c1. The number of hydrogen-bond donors (Lipinski definition) is 1. The molecule has 1 fully saturated rings. The largest absolute Gasteiger partial charge is 0.492 e. The molecule has 6 heteroatoms. The standard InChI is InChI=1S/C25H32BNO4/c1-6-19-13-10-14-21(15-19)16-22(26-30-24(2,3)25(4,5)31-26)17-27-23(28)29-18-20-11-8-7-9-12-20/h7-16H,6,17-18H2,1-5H3,(H,27,28). The monoisotopic (exact) mass is 421 g/mol. The predicted octanol–water partition coefficient (Wildman–Crippen LogP) is 5.19. The fourth-order valence-electron chi connectivity index (χ4n) is 3.26. The van der Waals surface area contributed by atoms with Gasteiger partial charge in [-0.05, 0) is 56.3 Å². The van der Waals surface area contributed by atoms with Crippen LogP contribution in [0, 0.1) is 0 Å². The average Bonchev–Trinajstić information content (AvgIpc) is 2.97. The highest BCUT2D eigenvalue weighted by atomic mass is 16.7. The lowest BCUT2D eigenvalue weighted by Crippen LogP contribution is -2.41. The number of ether oxygens (including phenoxy) is 1. The third kappa shape index (κ3) is 5.99. The highest BCUT2D eigenvalue weighted by Gasteiger charge is 2.52. The van der Waals surface area contributed by atoms with E-state index < -0.39 is 24.4 Å². The number of carbonyl (C=O) groups excluding carboxylic acids is 1. The molecular weight excluding hydrogens is 389 g/mol. The van der Waals surface area contributed by atoms with Crippen molar-refractivity contribution < 1.29 is 18.8 Å². The lowest BCUT2D eigenvalue weighted by Gasteiger charge is -2.32. The van der Waals surface area contributed by atoms with E-state index in [1.54, 1.807) is 0 Å². The van der Waals surface area contributed by atoms with E-state index in [4.69, 9.17) is 14.0 Å². The van der Waals surface area contributed by atoms with Crippen LogP contribution in [0.4, 0.5) is 4.79 Å². The first-order chi connectivity index (χ1) is 14.7. The summed E-state index contributed by atoms with van der Waals surface area (Å²) in [7, 11) is -0.551. The number of nitrogens with one attached hydrogen (secondary N) is 1. The molecule has 31 heavy (non-hydrogen) atoms. The zero-order valence-corrected chi connectivity index (χ0v) is 19.1. The predicted molar refractivity (Wildman–Crippen MR) is 125 cm³/mol. The number of alkyl carbamates (subject to hydrolysis) is 1. The summed E-state index contributed by atoms with van der Waals surface area (Å²) in [4.78, 5) is 12.3. The lowest BCUT2D eigenvalue weighted by molar-refractivity contribution is 0.00578. The van der Waals surface area contributed by atoms with Gasteiger partial charge in [-0.1, -0.05) is 67.6 Å². The summed E-state index contributed by atoms with van der Waals surface area (Å²) in [6, 6.07) is 17.9. The molecule has 2 aromatic rings. The molecule has 0 bridgehead atoms. The minimum Gasteiger partial charge on any atom is -0.445 e. The van der Waals surface area contributed by atoms with E-state index in [2.05, 4.69) is 24.4 Å². The number of hydrogen-bond acceptors (Lipinski definition) is 4. The van der Waals surface area contributed by atoms with Crippen molar-refractivity contribution in [3.05, 3.63) is 76.8 Å². The first-order valence-corrected chi connectivity index (χ1v) is 10.8. The van der Waals surface area contributed by atoms with Crippen LogP contribution in [-0.4, -0.2) is 31.0 Å². The van der Waals surface area contributed by atoms with Crippen LogP contribution in [-0.2, 0) is 27.1 Å². The molecule has 0 aliphatic carbocycles. The summed E-state index contributed by atoms with van der Waals surface area (Å²) in [5.74, 6) is 0. The lowest BCUT2D eigenvalue weighted by atomic mass is 9.77. The molecular formula is C25H32BNO4. The molecule has 2 aromatic carbocycles. The summed E-state index contributed by atoms with van der Waals surface area (Å²) in [5.41, 5.74) is 3.14. The highest BCUT2D eigenvalue weighted by Crippen LogP contribution is 2.38. The molecule has 0 atom stereocenters. The molecule has 1 amide bonds. The molecule has 1 heterocycles. The van der Waals surface area contributed by atoms with E-state index in [0.717, 1.165) is 23.0 Å². The van der Waals surface area contributed by atoms with Gasteiger partial charge in [0.05, 0.1) is 11.2 Å². The summed E-state index contributed by atoms with van der Waals surface area (Å²) in [5, 5.41) is 2.84. The number of carbonyl (C=O) groups is 1. The number of benzene rings is 2. The van der Waals surface area contributed by atoms with Crippen LogP contribution in [0.2, 0.25) is 0 Å². The summed E-state index contributed by atoms with van der Waals surface area (Å²) >= 11 is 0. The first-order valence-electron chi connectivity index (χ1n) is 10.8. The van der Waals surface area contributed by atoms with Crippen LogP contribution in [0.25, 0.3) is 6.08 Å². The molecule has 0 aromatic heterocycles. The maximum atomic E-state index is 12.3. The molecule has 1 saturated heterocycles. The summed E-state index contributed by atoms with van der Waals surface area (Å²) in [6.45, 7) is 10.7. The van der Waals surface area contributed by atoms with Gasteiger partial charge >= 0.3 is 13.2 Å². The summed E-state index contributed by atoms with van der Waals surface area (Å²) in [6.07, 6.45) is 2.50. The van der Waals surface area contributed by atoms with Gasteiger partial charge in [0, 0.05) is 6.54 Å². The van der Waals surface area contributed by atoms with E-state index in [1.165, 1.54) is 5.56 Å². The highest BCUT2D eigenvalue weighted by molar-refractivity contribution is 6.56. The van der Waals surface area contributed by atoms with Crippen molar-refractivity contribution >= 4 is 19.3 Å². The van der Waals surface area contributed by atoms with E-state index in [9.17, 15) is 4.79 Å². The molecule has 0 saturated carbocycles. The van der Waals surface area contributed by atoms with Gasteiger partial charge in [-0.15, -0.1) is 0 Å². The van der Waals surface area contributed by atoms with Gasteiger partial charge in [0.15, 0.2) is 0 Å². The quantitative estimate of drug-likeness (QED) is 0.626. The molecule has 1 aliphatic heterocycles. The molecule has 0 spiro atoms.